The number of unbranched alkanes of at least 4 members (excludes halogenated alkanes) is 2. The quantitative estimate of drug-likeness (QED) is 0.372. The second kappa shape index (κ2) is 9.32. The molecule has 0 bridgehead atoms. The van der Waals surface area contributed by atoms with Crippen LogP contribution in [0.3, 0.4) is 0 Å². The van der Waals surface area contributed by atoms with E-state index in [4.69, 9.17) is 12.2 Å². The van der Waals surface area contributed by atoms with Crippen molar-refractivity contribution in [2.45, 2.75) is 52.4 Å². The van der Waals surface area contributed by atoms with Crippen LogP contribution in [0.5, 0.6) is 0 Å². The van der Waals surface area contributed by atoms with E-state index in [1.807, 2.05) is 0 Å². The van der Waals surface area contributed by atoms with Crippen LogP contribution in [0.2, 0.25) is 0 Å². The third kappa shape index (κ3) is 7.40. The van der Waals surface area contributed by atoms with Crippen LogP contribution < -0.4 is 5.73 Å². The summed E-state index contributed by atoms with van der Waals surface area (Å²) in [5.41, 5.74) is 5.24. The third-order valence-electron chi connectivity index (χ3n) is 3.00. The van der Waals surface area contributed by atoms with Crippen LogP contribution in [0.1, 0.15) is 52.4 Å². The molecule has 0 rings (SSSR count). The van der Waals surface area contributed by atoms with Crippen molar-refractivity contribution in [1.29, 1.82) is 0 Å². The smallest absolute Gasteiger partial charge is 0.228 e. The lowest BCUT2D eigenvalue weighted by Gasteiger charge is -2.14. The number of hydrogen-bond acceptors (Lipinski definition) is 3. The van der Waals surface area contributed by atoms with E-state index in [0.29, 0.717) is 12.8 Å². The predicted octanol–water partition coefficient (Wildman–Crippen LogP) is 1.86. The summed E-state index contributed by atoms with van der Waals surface area (Å²) in [6.07, 6.45) is 8.39. The average Bonchev–Trinajstić information content (AvgIpc) is 2.32. The van der Waals surface area contributed by atoms with Gasteiger partial charge >= 0.3 is 0 Å². The maximum absolute atomic E-state index is 11.8. The summed E-state index contributed by atoms with van der Waals surface area (Å²) in [7, 11) is 0. The van der Waals surface area contributed by atoms with Crippen molar-refractivity contribution in [1.82, 2.24) is 0 Å². The molecule has 0 fully saturated rings. The zero-order valence-corrected chi connectivity index (χ0v) is 11.8. The highest BCUT2D eigenvalue weighted by Gasteiger charge is 2.25. The van der Waals surface area contributed by atoms with E-state index in [-0.39, 0.29) is 23.9 Å². The van der Waals surface area contributed by atoms with Gasteiger partial charge in [-0.05, 0) is 12.8 Å². The van der Waals surface area contributed by atoms with Gasteiger partial charge in [0.1, 0.15) is 11.6 Å². The number of terminal acetylenes is 1. The Balaban J connectivity index is 3.96. The first-order valence-electron chi connectivity index (χ1n) is 6.68. The zero-order valence-electron chi connectivity index (χ0n) is 11.8. The van der Waals surface area contributed by atoms with Gasteiger partial charge in [-0.15, -0.1) is 6.42 Å². The van der Waals surface area contributed by atoms with Crippen molar-refractivity contribution in [2.75, 3.05) is 0 Å². The minimum absolute atomic E-state index is 0.0622. The number of nitrogens with two attached hydrogens (primary N) is 1. The summed E-state index contributed by atoms with van der Waals surface area (Å²) < 4.78 is 0. The molecular weight excluding hydrogens is 242 g/mol. The van der Waals surface area contributed by atoms with Crippen LogP contribution in [-0.4, -0.2) is 17.5 Å². The van der Waals surface area contributed by atoms with Crippen LogP contribution in [0.4, 0.5) is 0 Å². The maximum atomic E-state index is 11.8. The molecule has 1 unspecified atom stereocenters. The number of ketones is 2. The molecule has 106 valence electrons. The first-order chi connectivity index (χ1) is 8.90. The van der Waals surface area contributed by atoms with E-state index in [1.165, 1.54) is 0 Å². The lowest BCUT2D eigenvalue weighted by atomic mass is 9.90. The lowest BCUT2D eigenvalue weighted by Crippen LogP contribution is -2.32. The molecule has 4 heteroatoms. The van der Waals surface area contributed by atoms with Crippen molar-refractivity contribution >= 4 is 17.5 Å². The maximum Gasteiger partial charge on any atom is 0.228 e. The van der Waals surface area contributed by atoms with Crippen LogP contribution in [0.25, 0.3) is 0 Å². The Kier molecular flexibility index (Phi) is 8.52. The molecule has 0 saturated heterocycles. The molecule has 0 spiro atoms. The number of amides is 1. The van der Waals surface area contributed by atoms with Gasteiger partial charge in [-0.2, -0.15) is 0 Å². The fraction of sp³-hybridized carbons (Fsp3) is 0.667. The van der Waals surface area contributed by atoms with Gasteiger partial charge in [-0.25, -0.2) is 0 Å². The van der Waals surface area contributed by atoms with Crippen molar-refractivity contribution in [3.8, 4) is 12.3 Å². The van der Waals surface area contributed by atoms with E-state index in [2.05, 4.69) is 5.92 Å². The minimum atomic E-state index is -0.693. The molecule has 0 heterocycles. The zero-order chi connectivity index (χ0) is 14.8. The molecule has 0 radical (unpaired) electrons. The van der Waals surface area contributed by atoms with Crippen molar-refractivity contribution in [2.24, 2.45) is 17.6 Å². The van der Waals surface area contributed by atoms with E-state index in [9.17, 15) is 14.4 Å². The summed E-state index contributed by atoms with van der Waals surface area (Å²) >= 11 is 0. The summed E-state index contributed by atoms with van der Waals surface area (Å²) in [4.78, 5) is 34.2. The van der Waals surface area contributed by atoms with Gasteiger partial charge in [0, 0.05) is 12.3 Å². The molecule has 1 atom stereocenters. The molecule has 0 aromatic rings. The van der Waals surface area contributed by atoms with Crippen LogP contribution >= 0.6 is 0 Å². The Hall–Kier alpha value is -1.63. The fourth-order valence-electron chi connectivity index (χ4n) is 1.88. The molecule has 0 aliphatic heterocycles. The SMILES string of the molecule is C#CCC(=O)CCCCCC(C(N)=O)C(=O)C(C)C. The standard InChI is InChI=1S/C15H23NO3/c1-4-8-12(17)9-6-5-7-10-13(15(16)19)14(18)11(2)3/h1,11,13H,5-10H2,2-3H3,(H2,16,19). The molecular formula is C15H23NO3. The number of carbonyl (C=O) groups excluding carboxylic acids is 3. The highest BCUT2D eigenvalue weighted by molar-refractivity contribution is 6.01. The molecule has 0 aliphatic carbocycles. The summed E-state index contributed by atoms with van der Waals surface area (Å²) in [6, 6.07) is 0. The number of hydrogen-bond donors (Lipinski definition) is 1. The van der Waals surface area contributed by atoms with E-state index in [0.717, 1.165) is 19.3 Å². The third-order valence-corrected chi connectivity index (χ3v) is 3.00. The van der Waals surface area contributed by atoms with E-state index in [1.54, 1.807) is 13.8 Å². The molecule has 0 aliphatic rings. The van der Waals surface area contributed by atoms with Crippen LogP contribution in [0, 0.1) is 24.2 Å². The Morgan fingerprint density at radius 3 is 2.26 bits per heavy atom. The van der Waals surface area contributed by atoms with Gasteiger partial charge in [0.2, 0.25) is 5.91 Å². The van der Waals surface area contributed by atoms with Gasteiger partial charge in [-0.1, -0.05) is 32.6 Å². The molecule has 1 amide bonds. The molecule has 0 aromatic heterocycles. The highest BCUT2D eigenvalue weighted by atomic mass is 16.2. The second-order valence-corrected chi connectivity index (χ2v) is 5.03. The summed E-state index contributed by atoms with van der Waals surface area (Å²) in [5.74, 6) is 0.843. The van der Waals surface area contributed by atoms with Gasteiger partial charge in [0.15, 0.2) is 0 Å². The first-order valence-corrected chi connectivity index (χ1v) is 6.68. The van der Waals surface area contributed by atoms with E-state index >= 15 is 0 Å². The Labute approximate surface area is 115 Å². The number of rotatable bonds is 10. The first kappa shape index (κ1) is 17.4. The minimum Gasteiger partial charge on any atom is -0.369 e. The van der Waals surface area contributed by atoms with E-state index < -0.39 is 11.8 Å². The molecule has 4 nitrogen and oxygen atoms in total. The molecule has 0 aromatic carbocycles. The molecule has 0 saturated carbocycles. The van der Waals surface area contributed by atoms with Crippen molar-refractivity contribution < 1.29 is 14.4 Å². The van der Waals surface area contributed by atoms with Crippen LogP contribution in [0.15, 0.2) is 0 Å². The highest BCUT2D eigenvalue weighted by Crippen LogP contribution is 2.16. The summed E-state index contributed by atoms with van der Waals surface area (Å²) in [5, 5.41) is 0. The molecule has 19 heavy (non-hydrogen) atoms. The average molecular weight is 265 g/mol. The molecule has 2 N–H and O–H groups in total. The Morgan fingerprint density at radius 1 is 1.16 bits per heavy atom. The number of Topliss-reactive ketones (excluding diaryl/α,β-unsaturated/α-hetero) is 2. The van der Waals surface area contributed by atoms with Gasteiger partial charge in [-0.3, -0.25) is 14.4 Å². The monoisotopic (exact) mass is 265 g/mol. The van der Waals surface area contributed by atoms with Crippen molar-refractivity contribution in [3.05, 3.63) is 0 Å². The van der Waals surface area contributed by atoms with Gasteiger partial charge in [0.05, 0.1) is 12.3 Å². The lowest BCUT2D eigenvalue weighted by molar-refractivity contribution is -0.134. The van der Waals surface area contributed by atoms with Gasteiger partial charge in [0.25, 0.3) is 0 Å². The van der Waals surface area contributed by atoms with Gasteiger partial charge < -0.3 is 5.73 Å². The topological polar surface area (TPSA) is 77.2 Å². The Morgan fingerprint density at radius 2 is 1.79 bits per heavy atom. The predicted molar refractivity (Wildman–Crippen MR) is 74.1 cm³/mol. The van der Waals surface area contributed by atoms with Crippen LogP contribution in [-0.2, 0) is 14.4 Å². The fourth-order valence-corrected chi connectivity index (χ4v) is 1.88. The summed E-state index contributed by atoms with van der Waals surface area (Å²) in [6.45, 7) is 3.52. The Bertz CT molecular complexity index is 366. The number of primary amides is 1. The van der Waals surface area contributed by atoms with Crippen molar-refractivity contribution in [3.63, 3.8) is 0 Å². The number of carbonyl (C=O) groups is 3. The largest absolute Gasteiger partial charge is 0.369 e. The normalized spacial score (nSPS) is 11.9. The second-order valence-electron chi connectivity index (χ2n) is 5.03.